The molecule has 5 nitrogen and oxygen atoms in total. The fraction of sp³-hybridized carbons (Fsp3) is 0.385. The molecule has 18 heavy (non-hydrogen) atoms. The number of carbonyl (C=O) groups is 1. The van der Waals surface area contributed by atoms with Gasteiger partial charge >= 0.3 is 0 Å². The zero-order valence-electron chi connectivity index (χ0n) is 10.3. The molecular weight excluding hydrogens is 232 g/mol. The van der Waals surface area contributed by atoms with Crippen LogP contribution in [0.1, 0.15) is 24.2 Å². The van der Waals surface area contributed by atoms with Gasteiger partial charge in [0.25, 0.3) is 5.91 Å². The monoisotopic (exact) mass is 246 g/mol. The second kappa shape index (κ2) is 4.96. The van der Waals surface area contributed by atoms with Crippen LogP contribution in [0.15, 0.2) is 18.2 Å². The van der Waals surface area contributed by atoms with Crippen molar-refractivity contribution < 1.29 is 14.3 Å². The van der Waals surface area contributed by atoms with E-state index in [1.165, 1.54) is 0 Å². The van der Waals surface area contributed by atoms with Gasteiger partial charge < -0.3 is 14.8 Å². The first-order valence-corrected chi connectivity index (χ1v) is 5.72. The molecule has 1 aliphatic rings. The van der Waals surface area contributed by atoms with Crippen LogP contribution in [0.4, 0.5) is 0 Å². The van der Waals surface area contributed by atoms with Crippen molar-refractivity contribution in [1.29, 1.82) is 5.26 Å². The Bertz CT molecular complexity index is 505. The molecule has 0 radical (unpaired) electrons. The van der Waals surface area contributed by atoms with E-state index in [0.29, 0.717) is 17.1 Å². The molecule has 5 heteroatoms. The minimum atomic E-state index is -0.497. The van der Waals surface area contributed by atoms with Crippen LogP contribution in [-0.2, 0) is 0 Å². The van der Waals surface area contributed by atoms with Crippen LogP contribution in [-0.4, -0.2) is 18.7 Å². The Hall–Kier alpha value is -2.22. The van der Waals surface area contributed by atoms with Crippen LogP contribution in [0.2, 0.25) is 0 Å². The first kappa shape index (κ1) is 12.2. The lowest BCUT2D eigenvalue weighted by atomic mass is 10.1. The topological polar surface area (TPSA) is 71.4 Å². The van der Waals surface area contributed by atoms with Crippen molar-refractivity contribution >= 4 is 5.91 Å². The Kier molecular flexibility index (Phi) is 3.38. The molecule has 1 amide bonds. The molecule has 0 aromatic heterocycles. The molecule has 0 saturated heterocycles. The lowest BCUT2D eigenvalue weighted by Gasteiger charge is -2.14. The van der Waals surface area contributed by atoms with Crippen LogP contribution in [0.3, 0.4) is 0 Å². The molecule has 1 atom stereocenters. The molecule has 1 heterocycles. The summed E-state index contributed by atoms with van der Waals surface area (Å²) in [5, 5.41) is 11.6. The van der Waals surface area contributed by atoms with Gasteiger partial charge in [0.05, 0.1) is 6.07 Å². The highest BCUT2D eigenvalue weighted by Gasteiger charge is 2.19. The van der Waals surface area contributed by atoms with E-state index < -0.39 is 6.04 Å². The number of ether oxygens (including phenoxy) is 2. The normalized spacial score (nSPS) is 14.1. The number of nitriles is 1. The molecule has 1 aromatic carbocycles. The quantitative estimate of drug-likeness (QED) is 0.881. The standard InChI is InChI=1S/C13H14N2O3/c1-8(2)10(6-14)15-13(16)9-3-4-11-12(5-9)18-7-17-11/h3-5,8,10H,7H2,1-2H3,(H,15,16). The van der Waals surface area contributed by atoms with E-state index >= 15 is 0 Å². The fourth-order valence-corrected chi connectivity index (χ4v) is 1.61. The molecule has 0 saturated carbocycles. The zero-order chi connectivity index (χ0) is 13.1. The van der Waals surface area contributed by atoms with Gasteiger partial charge in [0, 0.05) is 5.56 Å². The third-order valence-electron chi connectivity index (χ3n) is 2.73. The van der Waals surface area contributed by atoms with Gasteiger partial charge in [-0.25, -0.2) is 0 Å². The predicted octanol–water partition coefficient (Wildman–Crippen LogP) is 1.69. The summed E-state index contributed by atoms with van der Waals surface area (Å²) >= 11 is 0. The van der Waals surface area contributed by atoms with Gasteiger partial charge in [0.15, 0.2) is 11.5 Å². The van der Waals surface area contributed by atoms with Gasteiger partial charge in [-0.2, -0.15) is 5.26 Å². The van der Waals surface area contributed by atoms with E-state index in [2.05, 4.69) is 11.4 Å². The maximum absolute atomic E-state index is 12.0. The van der Waals surface area contributed by atoms with Crippen molar-refractivity contribution in [1.82, 2.24) is 5.32 Å². The highest BCUT2D eigenvalue weighted by Crippen LogP contribution is 2.32. The van der Waals surface area contributed by atoms with Gasteiger partial charge in [0.2, 0.25) is 6.79 Å². The third-order valence-corrected chi connectivity index (χ3v) is 2.73. The lowest BCUT2D eigenvalue weighted by Crippen LogP contribution is -2.37. The summed E-state index contributed by atoms with van der Waals surface area (Å²) in [5.74, 6) is 0.967. The molecule has 0 spiro atoms. The van der Waals surface area contributed by atoms with E-state index in [0.717, 1.165) is 0 Å². The van der Waals surface area contributed by atoms with Crippen LogP contribution in [0, 0.1) is 17.2 Å². The minimum Gasteiger partial charge on any atom is -0.454 e. The Morgan fingerprint density at radius 3 is 2.78 bits per heavy atom. The zero-order valence-corrected chi connectivity index (χ0v) is 10.3. The fourth-order valence-electron chi connectivity index (χ4n) is 1.61. The largest absolute Gasteiger partial charge is 0.454 e. The minimum absolute atomic E-state index is 0.0629. The Balaban J connectivity index is 2.12. The number of hydrogen-bond donors (Lipinski definition) is 1. The van der Waals surface area contributed by atoms with Crippen LogP contribution < -0.4 is 14.8 Å². The van der Waals surface area contributed by atoms with E-state index in [1.54, 1.807) is 18.2 Å². The second-order valence-corrected chi connectivity index (χ2v) is 4.39. The number of nitrogens with zero attached hydrogens (tertiary/aromatic N) is 1. The van der Waals surface area contributed by atoms with Crippen LogP contribution in [0.25, 0.3) is 0 Å². The first-order valence-electron chi connectivity index (χ1n) is 5.72. The number of nitrogens with one attached hydrogen (secondary N) is 1. The molecule has 0 aliphatic carbocycles. The van der Waals surface area contributed by atoms with Crippen molar-refractivity contribution in [3.63, 3.8) is 0 Å². The molecule has 1 N–H and O–H groups in total. The number of hydrogen-bond acceptors (Lipinski definition) is 4. The Labute approximate surface area is 105 Å². The molecular formula is C13H14N2O3. The lowest BCUT2D eigenvalue weighted by molar-refractivity contribution is 0.0937. The maximum Gasteiger partial charge on any atom is 0.252 e. The molecule has 1 aromatic rings. The third kappa shape index (κ3) is 2.38. The van der Waals surface area contributed by atoms with Gasteiger partial charge in [-0.1, -0.05) is 13.8 Å². The summed E-state index contributed by atoms with van der Waals surface area (Å²) in [6.07, 6.45) is 0. The van der Waals surface area contributed by atoms with Crippen molar-refractivity contribution in [3.8, 4) is 17.6 Å². The molecule has 0 bridgehead atoms. The summed E-state index contributed by atoms with van der Waals surface area (Å²) in [5.41, 5.74) is 0.458. The SMILES string of the molecule is CC(C)C(C#N)NC(=O)c1ccc2c(c1)OCO2. The Morgan fingerprint density at radius 1 is 1.39 bits per heavy atom. The number of fused-ring (bicyclic) bond motifs is 1. The smallest absolute Gasteiger partial charge is 0.252 e. The van der Waals surface area contributed by atoms with Gasteiger partial charge in [0.1, 0.15) is 6.04 Å². The molecule has 1 aliphatic heterocycles. The first-order chi connectivity index (χ1) is 8.61. The number of benzene rings is 1. The maximum atomic E-state index is 12.0. The van der Waals surface area contributed by atoms with E-state index in [1.807, 2.05) is 13.8 Å². The van der Waals surface area contributed by atoms with E-state index in [9.17, 15) is 4.79 Å². The van der Waals surface area contributed by atoms with Crippen molar-refractivity contribution in [2.75, 3.05) is 6.79 Å². The number of carbonyl (C=O) groups excluding carboxylic acids is 1. The molecule has 1 unspecified atom stereocenters. The van der Waals surface area contributed by atoms with Gasteiger partial charge in [-0.3, -0.25) is 4.79 Å². The van der Waals surface area contributed by atoms with E-state index in [4.69, 9.17) is 14.7 Å². The van der Waals surface area contributed by atoms with Crippen molar-refractivity contribution in [2.24, 2.45) is 5.92 Å². The highest BCUT2D eigenvalue weighted by atomic mass is 16.7. The van der Waals surface area contributed by atoms with Crippen LogP contribution in [0.5, 0.6) is 11.5 Å². The average molecular weight is 246 g/mol. The van der Waals surface area contributed by atoms with Crippen LogP contribution >= 0.6 is 0 Å². The van der Waals surface area contributed by atoms with E-state index in [-0.39, 0.29) is 18.6 Å². The number of rotatable bonds is 3. The highest BCUT2D eigenvalue weighted by molar-refractivity contribution is 5.95. The average Bonchev–Trinajstić information content (AvgIpc) is 2.82. The van der Waals surface area contributed by atoms with Crippen molar-refractivity contribution in [3.05, 3.63) is 23.8 Å². The molecule has 2 rings (SSSR count). The summed E-state index contributed by atoms with van der Waals surface area (Å²) in [4.78, 5) is 12.0. The summed E-state index contributed by atoms with van der Waals surface area (Å²) in [6.45, 7) is 3.94. The summed E-state index contributed by atoms with van der Waals surface area (Å²) < 4.78 is 10.4. The summed E-state index contributed by atoms with van der Waals surface area (Å²) in [7, 11) is 0. The van der Waals surface area contributed by atoms with Gasteiger partial charge in [-0.05, 0) is 24.1 Å². The Morgan fingerprint density at radius 2 is 2.11 bits per heavy atom. The van der Waals surface area contributed by atoms with Gasteiger partial charge in [-0.15, -0.1) is 0 Å². The summed E-state index contributed by atoms with van der Waals surface area (Å²) in [6, 6.07) is 6.53. The predicted molar refractivity (Wildman–Crippen MR) is 64.3 cm³/mol. The molecule has 0 fully saturated rings. The number of amides is 1. The second-order valence-electron chi connectivity index (χ2n) is 4.39. The molecule has 94 valence electrons. The van der Waals surface area contributed by atoms with Crippen molar-refractivity contribution in [2.45, 2.75) is 19.9 Å².